The molecule has 0 saturated carbocycles. The quantitative estimate of drug-likeness (QED) is 0.803. The number of likely N-dealkylation sites (tertiary alicyclic amines) is 1. The Labute approximate surface area is 165 Å². The van der Waals surface area contributed by atoms with E-state index in [1.54, 1.807) is 9.21 Å². The molecule has 4 heterocycles. The van der Waals surface area contributed by atoms with Gasteiger partial charge in [-0.05, 0) is 42.9 Å². The molecule has 5 rings (SSSR count). The van der Waals surface area contributed by atoms with Gasteiger partial charge >= 0.3 is 0 Å². The molecular weight excluding hydrogens is 409 g/mol. The predicted molar refractivity (Wildman–Crippen MR) is 96.5 cm³/mol. The molecule has 2 aromatic rings. The Morgan fingerprint density at radius 2 is 1.89 bits per heavy atom. The van der Waals surface area contributed by atoms with Crippen molar-refractivity contribution in [3.8, 4) is 0 Å². The van der Waals surface area contributed by atoms with Crippen LogP contribution in [-0.4, -0.2) is 64.1 Å². The Kier molecular flexibility index (Phi) is 4.01. The lowest BCUT2D eigenvalue weighted by atomic mass is 9.82. The molecule has 0 radical (unpaired) electrons. The van der Waals surface area contributed by atoms with Crippen LogP contribution in [-0.2, 0) is 10.0 Å². The number of hydrogen-bond donors (Lipinski definition) is 1. The minimum absolute atomic E-state index is 0.0667. The standard InChI is InChI=1S/C17H17ClFN5O3S/c18-12-5-9(19)1-4-16(12)28(26,27)24-14-2-3-15(24)11-8-23(7-10(11)14)17(25)13-6-20-22-21-13/h1,4-6,10-11,14-15H,2-3,7-8H2,(H,20,21,22)/t10-,11+,14+,15-. The number of carbonyl (C=O) groups is 1. The summed E-state index contributed by atoms with van der Waals surface area (Å²) < 4.78 is 41.5. The summed E-state index contributed by atoms with van der Waals surface area (Å²) >= 11 is 6.04. The third-order valence-electron chi connectivity index (χ3n) is 6.18. The van der Waals surface area contributed by atoms with Crippen molar-refractivity contribution >= 4 is 27.5 Å². The Bertz CT molecular complexity index is 1030. The number of amides is 1. The van der Waals surface area contributed by atoms with Crippen LogP contribution in [0.5, 0.6) is 0 Å². The van der Waals surface area contributed by atoms with Crippen molar-refractivity contribution in [3.63, 3.8) is 0 Å². The first-order chi connectivity index (χ1) is 13.4. The Morgan fingerprint density at radius 3 is 2.46 bits per heavy atom. The Morgan fingerprint density at radius 1 is 1.21 bits per heavy atom. The van der Waals surface area contributed by atoms with Crippen LogP contribution in [0.15, 0.2) is 29.3 Å². The van der Waals surface area contributed by atoms with Crippen molar-refractivity contribution in [1.82, 2.24) is 24.6 Å². The van der Waals surface area contributed by atoms with E-state index >= 15 is 0 Å². The van der Waals surface area contributed by atoms with Crippen LogP contribution in [0, 0.1) is 17.7 Å². The molecular formula is C17H17ClFN5O3S. The minimum Gasteiger partial charge on any atom is -0.336 e. The van der Waals surface area contributed by atoms with Gasteiger partial charge in [0.2, 0.25) is 10.0 Å². The summed E-state index contributed by atoms with van der Waals surface area (Å²) in [7, 11) is -3.84. The van der Waals surface area contributed by atoms with Crippen molar-refractivity contribution in [2.75, 3.05) is 13.1 Å². The van der Waals surface area contributed by atoms with Crippen molar-refractivity contribution in [2.45, 2.75) is 29.8 Å². The average molecular weight is 426 g/mol. The molecule has 3 fully saturated rings. The zero-order valence-electron chi connectivity index (χ0n) is 14.6. The number of carbonyl (C=O) groups excluding carboxylic acids is 1. The van der Waals surface area contributed by atoms with Gasteiger partial charge in [-0.1, -0.05) is 11.6 Å². The monoisotopic (exact) mass is 425 g/mol. The van der Waals surface area contributed by atoms with E-state index in [1.807, 2.05) is 0 Å². The third-order valence-corrected chi connectivity index (χ3v) is 8.62. The maximum Gasteiger partial charge on any atom is 0.276 e. The number of nitrogens with zero attached hydrogens (tertiary/aromatic N) is 4. The summed E-state index contributed by atoms with van der Waals surface area (Å²) in [5.74, 6) is -0.627. The molecule has 148 valence electrons. The van der Waals surface area contributed by atoms with Crippen molar-refractivity contribution in [1.29, 1.82) is 0 Å². The smallest absolute Gasteiger partial charge is 0.276 e. The first kappa shape index (κ1) is 18.0. The fourth-order valence-electron chi connectivity index (χ4n) is 5.10. The van der Waals surface area contributed by atoms with E-state index in [0.29, 0.717) is 13.1 Å². The van der Waals surface area contributed by atoms with Gasteiger partial charge in [-0.25, -0.2) is 12.8 Å². The van der Waals surface area contributed by atoms with Crippen LogP contribution in [0.2, 0.25) is 5.02 Å². The van der Waals surface area contributed by atoms with E-state index in [2.05, 4.69) is 15.4 Å². The number of sulfonamides is 1. The number of benzene rings is 1. The molecule has 3 aliphatic rings. The molecule has 0 spiro atoms. The van der Waals surface area contributed by atoms with Gasteiger partial charge in [0.05, 0.1) is 11.2 Å². The van der Waals surface area contributed by atoms with Gasteiger partial charge in [0.25, 0.3) is 5.91 Å². The zero-order valence-corrected chi connectivity index (χ0v) is 16.2. The first-order valence-corrected chi connectivity index (χ1v) is 10.8. The number of halogens is 2. The molecule has 4 atom stereocenters. The highest BCUT2D eigenvalue weighted by molar-refractivity contribution is 7.89. The zero-order chi connectivity index (χ0) is 19.6. The van der Waals surface area contributed by atoms with Gasteiger partial charge in [-0.2, -0.15) is 19.7 Å². The lowest BCUT2D eigenvalue weighted by Crippen LogP contribution is -2.41. The van der Waals surface area contributed by atoms with Gasteiger partial charge in [0.15, 0.2) is 5.69 Å². The number of aromatic amines is 1. The van der Waals surface area contributed by atoms with Gasteiger partial charge < -0.3 is 4.90 Å². The molecule has 0 unspecified atom stereocenters. The topological polar surface area (TPSA) is 99.3 Å². The second-order valence-electron chi connectivity index (χ2n) is 7.51. The molecule has 1 aromatic heterocycles. The van der Waals surface area contributed by atoms with Crippen LogP contribution in [0.3, 0.4) is 0 Å². The maximum absolute atomic E-state index is 13.4. The fraction of sp³-hybridized carbons (Fsp3) is 0.471. The summed E-state index contributed by atoms with van der Waals surface area (Å²) in [5.41, 5.74) is 0.259. The van der Waals surface area contributed by atoms with E-state index in [-0.39, 0.29) is 45.4 Å². The lowest BCUT2D eigenvalue weighted by Gasteiger charge is -2.26. The van der Waals surface area contributed by atoms with Crippen molar-refractivity contribution in [3.05, 3.63) is 40.9 Å². The molecule has 2 bridgehead atoms. The molecule has 8 nitrogen and oxygen atoms in total. The molecule has 1 aromatic carbocycles. The van der Waals surface area contributed by atoms with E-state index in [4.69, 9.17) is 11.6 Å². The molecule has 3 saturated heterocycles. The molecule has 1 N–H and O–H groups in total. The predicted octanol–water partition coefficient (Wildman–Crippen LogP) is 1.52. The number of rotatable bonds is 3. The number of H-pyrrole nitrogens is 1. The van der Waals surface area contributed by atoms with Crippen LogP contribution in [0.1, 0.15) is 23.3 Å². The summed E-state index contributed by atoms with van der Waals surface area (Å²) in [6.07, 6.45) is 2.88. The van der Waals surface area contributed by atoms with Gasteiger partial charge in [0, 0.05) is 25.2 Å². The molecule has 0 aliphatic carbocycles. The minimum atomic E-state index is -3.84. The average Bonchev–Trinajstić information content (AvgIpc) is 3.41. The first-order valence-electron chi connectivity index (χ1n) is 9.01. The van der Waals surface area contributed by atoms with E-state index in [0.717, 1.165) is 25.0 Å². The van der Waals surface area contributed by atoms with Gasteiger partial charge in [-0.3, -0.25) is 4.79 Å². The lowest BCUT2D eigenvalue weighted by molar-refractivity contribution is 0.0767. The maximum atomic E-state index is 13.4. The molecule has 3 aliphatic heterocycles. The van der Waals surface area contributed by atoms with E-state index < -0.39 is 15.8 Å². The number of hydrogen-bond acceptors (Lipinski definition) is 5. The van der Waals surface area contributed by atoms with Gasteiger partial charge in [0.1, 0.15) is 10.7 Å². The second kappa shape index (κ2) is 6.23. The summed E-state index contributed by atoms with van der Waals surface area (Å²) in [6.45, 7) is 0.974. The van der Waals surface area contributed by atoms with Crippen LogP contribution < -0.4 is 0 Å². The third kappa shape index (κ3) is 2.51. The number of fused-ring (bicyclic) bond motifs is 5. The van der Waals surface area contributed by atoms with Gasteiger partial charge in [-0.15, -0.1) is 0 Å². The molecule has 11 heteroatoms. The highest BCUT2D eigenvalue weighted by atomic mass is 35.5. The van der Waals surface area contributed by atoms with Crippen LogP contribution in [0.25, 0.3) is 0 Å². The summed E-state index contributed by atoms with van der Waals surface area (Å²) in [5, 5.41) is 9.83. The summed E-state index contributed by atoms with van der Waals surface area (Å²) in [6, 6.07) is 2.98. The SMILES string of the molecule is O=C(c1cn[nH]n1)N1C[C@@H]2[C@H](C1)[C@H]1CC[C@@H]2N1S(=O)(=O)c1ccc(F)cc1Cl. The number of nitrogens with one attached hydrogen (secondary N) is 1. The van der Waals surface area contributed by atoms with Crippen LogP contribution >= 0.6 is 11.6 Å². The molecule has 1 amide bonds. The largest absolute Gasteiger partial charge is 0.336 e. The van der Waals surface area contributed by atoms with Crippen molar-refractivity contribution < 1.29 is 17.6 Å². The Balaban J connectivity index is 1.42. The molecule has 28 heavy (non-hydrogen) atoms. The highest BCUT2D eigenvalue weighted by Gasteiger charge is 2.61. The normalized spacial score (nSPS) is 29.4. The van der Waals surface area contributed by atoms with E-state index in [9.17, 15) is 17.6 Å². The second-order valence-corrected chi connectivity index (χ2v) is 9.73. The fourth-order valence-corrected chi connectivity index (χ4v) is 7.57. The Hall–Kier alpha value is -2.04. The summed E-state index contributed by atoms with van der Waals surface area (Å²) in [4.78, 5) is 14.2. The number of aromatic nitrogens is 3. The van der Waals surface area contributed by atoms with Crippen molar-refractivity contribution in [2.24, 2.45) is 11.8 Å². The van der Waals surface area contributed by atoms with E-state index in [1.165, 1.54) is 12.3 Å². The highest BCUT2D eigenvalue weighted by Crippen LogP contribution is 2.52. The van der Waals surface area contributed by atoms with Crippen LogP contribution in [0.4, 0.5) is 4.39 Å².